The Kier molecular flexibility index (Phi) is 6.96. The van der Waals surface area contributed by atoms with E-state index in [-0.39, 0.29) is 0 Å². The van der Waals surface area contributed by atoms with Crippen molar-refractivity contribution >= 4 is 0 Å². The predicted octanol–water partition coefficient (Wildman–Crippen LogP) is 3.92. The Bertz CT molecular complexity index is 302. The fourth-order valence-electron chi connectivity index (χ4n) is 2.86. The minimum Gasteiger partial charge on any atom is -0.316 e. The number of aromatic nitrogens is 1. The van der Waals surface area contributed by atoms with Gasteiger partial charge in [-0.15, -0.1) is 0 Å². The van der Waals surface area contributed by atoms with Crippen LogP contribution in [0, 0.1) is 0 Å². The number of nitrogens with one attached hydrogen (secondary N) is 1. The van der Waals surface area contributed by atoms with Crippen LogP contribution in [-0.4, -0.2) is 18.1 Å². The molecule has 102 valence electrons. The minimum absolute atomic E-state index is 0.293. The predicted molar refractivity (Wildman–Crippen MR) is 78.9 cm³/mol. The van der Waals surface area contributed by atoms with Gasteiger partial charge in [0, 0.05) is 24.4 Å². The second-order valence-electron chi connectivity index (χ2n) is 5.19. The number of pyridine rings is 1. The van der Waals surface area contributed by atoms with Crippen LogP contribution in [0.5, 0.6) is 0 Å². The van der Waals surface area contributed by atoms with Gasteiger partial charge in [0.05, 0.1) is 0 Å². The topological polar surface area (TPSA) is 24.9 Å². The van der Waals surface area contributed by atoms with Crippen molar-refractivity contribution in [2.75, 3.05) is 13.1 Å². The molecule has 0 amide bonds. The molecule has 0 aliphatic rings. The molecule has 0 unspecified atom stereocenters. The second-order valence-corrected chi connectivity index (χ2v) is 5.19. The van der Waals surface area contributed by atoms with E-state index in [9.17, 15) is 0 Å². The molecule has 18 heavy (non-hydrogen) atoms. The molecule has 2 heteroatoms. The number of nitrogens with zero attached hydrogens (tertiary/aromatic N) is 1. The van der Waals surface area contributed by atoms with Gasteiger partial charge in [-0.1, -0.05) is 33.6 Å². The van der Waals surface area contributed by atoms with Gasteiger partial charge < -0.3 is 5.32 Å². The third kappa shape index (κ3) is 4.09. The van der Waals surface area contributed by atoms with Gasteiger partial charge >= 0.3 is 0 Å². The van der Waals surface area contributed by atoms with Crippen molar-refractivity contribution in [3.8, 4) is 0 Å². The minimum atomic E-state index is 0.293. The lowest BCUT2D eigenvalue weighted by Gasteiger charge is -2.34. The van der Waals surface area contributed by atoms with Gasteiger partial charge in [-0.2, -0.15) is 0 Å². The van der Waals surface area contributed by atoms with Crippen LogP contribution in [0.15, 0.2) is 24.5 Å². The maximum Gasteiger partial charge on any atom is 0.0270 e. The van der Waals surface area contributed by atoms with Crippen LogP contribution in [-0.2, 0) is 5.41 Å². The lowest BCUT2D eigenvalue weighted by molar-refractivity contribution is 0.335. The molecule has 0 spiro atoms. The van der Waals surface area contributed by atoms with E-state index in [2.05, 4.69) is 43.2 Å². The zero-order chi connectivity index (χ0) is 13.3. The average Bonchev–Trinajstić information content (AvgIpc) is 2.40. The van der Waals surface area contributed by atoms with Crippen molar-refractivity contribution in [1.29, 1.82) is 0 Å². The van der Waals surface area contributed by atoms with Gasteiger partial charge in [0.15, 0.2) is 0 Å². The standard InChI is InChI=1S/C16H28N2/c1-4-9-16(10-5-2,14-18-11-6-3)15-7-12-17-13-8-15/h7-8,12-13,18H,4-6,9-11,14H2,1-3H3. The second kappa shape index (κ2) is 8.25. The number of hydrogen-bond acceptors (Lipinski definition) is 2. The average molecular weight is 248 g/mol. The molecule has 0 fully saturated rings. The van der Waals surface area contributed by atoms with Crippen LogP contribution in [0.4, 0.5) is 0 Å². The summed E-state index contributed by atoms with van der Waals surface area (Å²) < 4.78 is 0. The van der Waals surface area contributed by atoms with Crippen molar-refractivity contribution in [2.24, 2.45) is 0 Å². The molecule has 0 saturated carbocycles. The summed E-state index contributed by atoms with van der Waals surface area (Å²) in [5.41, 5.74) is 1.74. The molecule has 1 rings (SSSR count). The molecule has 0 radical (unpaired) electrons. The van der Waals surface area contributed by atoms with E-state index in [4.69, 9.17) is 0 Å². The fourth-order valence-corrected chi connectivity index (χ4v) is 2.86. The highest BCUT2D eigenvalue weighted by molar-refractivity contribution is 5.23. The molecule has 2 nitrogen and oxygen atoms in total. The van der Waals surface area contributed by atoms with E-state index in [0.717, 1.165) is 13.1 Å². The highest BCUT2D eigenvalue weighted by atomic mass is 14.9. The maximum absolute atomic E-state index is 4.16. The molecule has 1 N–H and O–H groups in total. The Morgan fingerprint density at radius 2 is 1.61 bits per heavy atom. The molecular formula is C16H28N2. The van der Waals surface area contributed by atoms with Gasteiger partial charge in [-0.05, 0) is 43.5 Å². The normalized spacial score (nSPS) is 11.7. The molecule has 1 aromatic rings. The Hall–Kier alpha value is -0.890. The Balaban J connectivity index is 2.89. The molecule has 0 bridgehead atoms. The maximum atomic E-state index is 4.16. The van der Waals surface area contributed by atoms with Crippen LogP contribution < -0.4 is 5.32 Å². The first-order valence-electron chi connectivity index (χ1n) is 7.40. The van der Waals surface area contributed by atoms with Gasteiger partial charge in [-0.25, -0.2) is 0 Å². The zero-order valence-electron chi connectivity index (χ0n) is 12.2. The molecule has 1 aromatic heterocycles. The van der Waals surface area contributed by atoms with E-state index in [1.807, 2.05) is 12.4 Å². The Morgan fingerprint density at radius 1 is 1.00 bits per heavy atom. The largest absolute Gasteiger partial charge is 0.316 e. The summed E-state index contributed by atoms with van der Waals surface area (Å²) in [5, 5.41) is 3.62. The smallest absolute Gasteiger partial charge is 0.0270 e. The molecule has 0 aliphatic heterocycles. The first-order valence-corrected chi connectivity index (χ1v) is 7.40. The summed E-state index contributed by atoms with van der Waals surface area (Å²) in [6.07, 6.45) is 10.0. The lowest BCUT2D eigenvalue weighted by Crippen LogP contribution is -2.38. The molecule has 0 saturated heterocycles. The van der Waals surface area contributed by atoms with Crippen molar-refractivity contribution in [1.82, 2.24) is 10.3 Å². The first kappa shape index (κ1) is 15.2. The van der Waals surface area contributed by atoms with Crippen molar-refractivity contribution in [2.45, 2.75) is 58.3 Å². The van der Waals surface area contributed by atoms with Crippen molar-refractivity contribution in [3.63, 3.8) is 0 Å². The van der Waals surface area contributed by atoms with E-state index in [1.54, 1.807) is 0 Å². The zero-order valence-corrected chi connectivity index (χ0v) is 12.2. The van der Waals surface area contributed by atoms with Gasteiger partial charge in [-0.3, -0.25) is 4.98 Å². The van der Waals surface area contributed by atoms with Crippen molar-refractivity contribution in [3.05, 3.63) is 30.1 Å². The highest BCUT2D eigenvalue weighted by Crippen LogP contribution is 2.33. The Morgan fingerprint density at radius 3 is 2.11 bits per heavy atom. The number of hydrogen-bond donors (Lipinski definition) is 1. The Labute approximate surface area is 112 Å². The van der Waals surface area contributed by atoms with Gasteiger partial charge in [0.25, 0.3) is 0 Å². The van der Waals surface area contributed by atoms with E-state index < -0.39 is 0 Å². The molecule has 0 aromatic carbocycles. The van der Waals surface area contributed by atoms with Crippen LogP contribution in [0.25, 0.3) is 0 Å². The molecule has 0 atom stereocenters. The third-order valence-corrected chi connectivity index (χ3v) is 3.64. The summed E-state index contributed by atoms with van der Waals surface area (Å²) in [6, 6.07) is 4.39. The summed E-state index contributed by atoms with van der Waals surface area (Å²) in [6.45, 7) is 8.99. The quantitative estimate of drug-likeness (QED) is 0.670. The van der Waals surface area contributed by atoms with Crippen LogP contribution in [0.1, 0.15) is 58.4 Å². The van der Waals surface area contributed by atoms with Gasteiger partial charge in [0.1, 0.15) is 0 Å². The van der Waals surface area contributed by atoms with E-state index in [0.29, 0.717) is 5.41 Å². The van der Waals surface area contributed by atoms with E-state index in [1.165, 1.54) is 37.7 Å². The monoisotopic (exact) mass is 248 g/mol. The third-order valence-electron chi connectivity index (χ3n) is 3.64. The summed E-state index contributed by atoms with van der Waals surface area (Å²) >= 11 is 0. The summed E-state index contributed by atoms with van der Waals surface area (Å²) in [4.78, 5) is 4.16. The highest BCUT2D eigenvalue weighted by Gasteiger charge is 2.29. The fraction of sp³-hybridized carbons (Fsp3) is 0.688. The molecule has 1 heterocycles. The first-order chi connectivity index (χ1) is 8.79. The summed E-state index contributed by atoms with van der Waals surface area (Å²) in [7, 11) is 0. The van der Waals surface area contributed by atoms with Crippen LogP contribution in [0.3, 0.4) is 0 Å². The summed E-state index contributed by atoms with van der Waals surface area (Å²) in [5.74, 6) is 0. The number of rotatable bonds is 9. The lowest BCUT2D eigenvalue weighted by atomic mass is 9.73. The van der Waals surface area contributed by atoms with Crippen molar-refractivity contribution < 1.29 is 0 Å². The van der Waals surface area contributed by atoms with Gasteiger partial charge in [0.2, 0.25) is 0 Å². The SMILES string of the molecule is CCCNCC(CCC)(CCC)c1ccncc1. The molecule has 0 aliphatic carbocycles. The van der Waals surface area contributed by atoms with Crippen LogP contribution >= 0.6 is 0 Å². The van der Waals surface area contributed by atoms with E-state index >= 15 is 0 Å². The van der Waals surface area contributed by atoms with Crippen LogP contribution in [0.2, 0.25) is 0 Å². The molecular weight excluding hydrogens is 220 g/mol.